The van der Waals surface area contributed by atoms with Crippen LogP contribution in [0.25, 0.3) is 94.4 Å². The lowest BCUT2D eigenvalue weighted by Crippen LogP contribution is -2.74. The molecule has 0 atom stereocenters. The molecule has 0 saturated carbocycles. The molecule has 328 valence electrons. The van der Waals surface area contributed by atoms with Crippen LogP contribution >= 0.6 is 0 Å². The van der Waals surface area contributed by atoms with Gasteiger partial charge >= 0.3 is 0 Å². The minimum Gasteiger partial charge on any atom is -0.309 e. The van der Waals surface area contributed by atoms with Gasteiger partial charge in [-0.3, -0.25) is 9.13 Å². The first-order chi connectivity index (χ1) is 44.7. The molecule has 0 aliphatic rings. The molecule has 4 heterocycles. The van der Waals surface area contributed by atoms with Crippen molar-refractivity contribution < 1.29 is 32.9 Å². The molecule has 14 aromatic rings. The average Bonchev–Trinajstić information content (AvgIpc) is 1.51. The van der Waals surface area contributed by atoms with Gasteiger partial charge in [-0.25, -0.2) is 0 Å². The summed E-state index contributed by atoms with van der Waals surface area (Å²) < 4.78 is 225. The molecule has 4 aromatic heterocycles. The molecule has 0 bridgehead atoms. The van der Waals surface area contributed by atoms with Crippen LogP contribution in [0.15, 0.2) is 254 Å². The number of nitrogens with zero attached hydrogens (tertiary/aromatic N) is 6. The van der Waals surface area contributed by atoms with Gasteiger partial charge < -0.3 is 4.57 Å². The second-order valence-electron chi connectivity index (χ2n) is 16.2. The van der Waals surface area contributed by atoms with E-state index >= 15 is 0 Å². The highest BCUT2D eigenvalue weighted by Gasteiger charge is 2.42. The molecule has 0 unspecified atom stereocenters. The van der Waals surface area contributed by atoms with E-state index in [0.29, 0.717) is 5.19 Å². The van der Waals surface area contributed by atoms with E-state index in [4.69, 9.17) is 31.4 Å². The van der Waals surface area contributed by atoms with Crippen molar-refractivity contribution in [2.45, 2.75) is 0 Å². The smallest absolute Gasteiger partial charge is 0.240 e. The maximum Gasteiger partial charge on any atom is 0.240 e. The standard InChI is InChI=1S/C63H42N6Si/c1-4-22-43(23-5-1)70(44-24-6-2-7-25-44,45-26-8-3-9-27-45)46-40-41-60(67-54-34-16-10-28-47(54)48-29-11-17-35-55(48)67)53(42-46)61-64-62(68-56-36-18-12-30-49(56)50-31-13-19-37-57(50)68)66-63(65-61)69-58-38-20-14-32-51(58)52-33-15-21-39-59(52)69/h1-42H/i10D,11D,12D,13D,14D,15D,16D,17D,18D,19D,20D,21D,28D,29D,30D,31D,32D,33D,34D,35D,36D,37D,38D,39D. The predicted octanol–water partition coefficient (Wildman–Crippen LogP) is 12.2. The lowest BCUT2D eigenvalue weighted by atomic mass is 10.1. The summed E-state index contributed by atoms with van der Waals surface area (Å²) >= 11 is 0. The first-order valence-corrected chi connectivity index (χ1v) is 23.8. The van der Waals surface area contributed by atoms with E-state index in [9.17, 15) is 16.4 Å². The largest absolute Gasteiger partial charge is 0.309 e. The van der Waals surface area contributed by atoms with E-state index in [1.807, 2.05) is 91.0 Å². The first kappa shape index (κ1) is 22.7. The SMILES string of the molecule is [2H]c1c([2H])c([2H])c2c(c1[2H])c1c([2H])c([2H])c([2H])c([2H])c1n2-c1nc(-c2cc([Si](c3ccccc3)(c3ccccc3)c3ccccc3)ccc2-n2c3c([2H])c([2H])c([2H])c([2H])c3c3c([2H])c([2H])c([2H])c([2H])c32)nc(-n2c3c([2H])c([2H])c([2H])c([2H])c3c3c([2H])c([2H])c([2H])c([2H])c32)n1. The van der Waals surface area contributed by atoms with E-state index in [1.165, 1.54) is 4.57 Å². The van der Waals surface area contributed by atoms with E-state index in [0.717, 1.165) is 24.7 Å². The Bertz CT molecular complexity index is 5240. The van der Waals surface area contributed by atoms with Crippen LogP contribution in [0.5, 0.6) is 0 Å². The maximum atomic E-state index is 9.68. The molecule has 7 heteroatoms. The molecule has 14 rings (SSSR count). The molecule has 0 saturated heterocycles. The lowest BCUT2D eigenvalue weighted by molar-refractivity contribution is 0.892. The van der Waals surface area contributed by atoms with Gasteiger partial charge in [0.25, 0.3) is 0 Å². The van der Waals surface area contributed by atoms with Gasteiger partial charge in [0.1, 0.15) is 0 Å². The lowest BCUT2D eigenvalue weighted by Gasteiger charge is -2.35. The Labute approximate surface area is 438 Å². The Hall–Kier alpha value is -9.17. The molecule has 0 amide bonds. The highest BCUT2D eigenvalue weighted by molar-refractivity contribution is 7.20. The van der Waals surface area contributed by atoms with Gasteiger partial charge in [0, 0.05) is 37.9 Å². The summed E-state index contributed by atoms with van der Waals surface area (Å²) in [7, 11) is -3.80. The van der Waals surface area contributed by atoms with Crippen LogP contribution < -0.4 is 20.7 Å². The Morgan fingerprint density at radius 1 is 0.314 bits per heavy atom. The molecule has 0 spiro atoms. The van der Waals surface area contributed by atoms with Crippen LogP contribution in [0.1, 0.15) is 32.9 Å². The summed E-state index contributed by atoms with van der Waals surface area (Å²) in [6.07, 6.45) is 0. The summed E-state index contributed by atoms with van der Waals surface area (Å²) in [5, 5.41) is 0.653. The second-order valence-corrected chi connectivity index (χ2v) is 20.0. The summed E-state index contributed by atoms with van der Waals surface area (Å²) in [5.41, 5.74) is -3.05. The van der Waals surface area contributed by atoms with Crippen LogP contribution in [-0.2, 0) is 0 Å². The summed E-state index contributed by atoms with van der Waals surface area (Å²) in [6, 6.07) is 15.1. The molecule has 0 fully saturated rings. The topological polar surface area (TPSA) is 53.5 Å². The van der Waals surface area contributed by atoms with Crippen molar-refractivity contribution in [2.24, 2.45) is 0 Å². The van der Waals surface area contributed by atoms with Crippen LogP contribution in [0, 0.1) is 0 Å². The number of benzene rings is 10. The predicted molar refractivity (Wildman–Crippen MR) is 292 cm³/mol. The Kier molecular flexibility index (Phi) is 5.19. The van der Waals surface area contributed by atoms with Crippen molar-refractivity contribution in [3.8, 4) is 29.0 Å². The van der Waals surface area contributed by atoms with Crippen LogP contribution in [0.2, 0.25) is 0 Å². The Morgan fingerprint density at radius 3 is 0.971 bits per heavy atom. The van der Waals surface area contributed by atoms with Crippen LogP contribution in [0.3, 0.4) is 0 Å². The minimum atomic E-state index is -3.80. The number of hydrogen-bond acceptors (Lipinski definition) is 3. The molecule has 0 aliphatic heterocycles. The van der Waals surface area contributed by atoms with Gasteiger partial charge in [0.05, 0.1) is 71.7 Å². The zero-order valence-corrected chi connectivity index (χ0v) is 37.1. The number of rotatable bonds is 8. The van der Waals surface area contributed by atoms with Crippen molar-refractivity contribution in [3.05, 3.63) is 254 Å². The van der Waals surface area contributed by atoms with Crippen molar-refractivity contribution >= 4 is 94.2 Å². The average molecular weight is 935 g/mol. The zero-order valence-electron chi connectivity index (χ0n) is 60.1. The summed E-state index contributed by atoms with van der Waals surface area (Å²) in [6.45, 7) is 0. The second kappa shape index (κ2) is 16.0. The maximum absolute atomic E-state index is 9.68. The molecular formula is C63H42N6Si. The van der Waals surface area contributed by atoms with Gasteiger partial charge in [-0.1, -0.05) is 206 Å². The van der Waals surface area contributed by atoms with Gasteiger partial charge in [0.2, 0.25) is 11.9 Å². The quantitative estimate of drug-likeness (QED) is 0.113. The van der Waals surface area contributed by atoms with Crippen molar-refractivity contribution in [3.63, 3.8) is 0 Å². The highest BCUT2D eigenvalue weighted by Crippen LogP contribution is 2.38. The van der Waals surface area contributed by atoms with E-state index in [-0.39, 0.29) is 33.1 Å². The first-order valence-electron chi connectivity index (χ1n) is 33.8. The summed E-state index contributed by atoms with van der Waals surface area (Å²) in [4.78, 5) is 15.2. The monoisotopic (exact) mass is 934 g/mol. The fraction of sp³-hybridized carbons (Fsp3) is 0. The fourth-order valence-electron chi connectivity index (χ4n) is 9.79. The van der Waals surface area contributed by atoms with Crippen molar-refractivity contribution in [1.29, 1.82) is 0 Å². The Balaban J connectivity index is 1.29. The van der Waals surface area contributed by atoms with E-state index < -0.39 is 214 Å². The molecular weight excluding hydrogens is 869 g/mol. The minimum absolute atomic E-state index is 0.156. The Morgan fingerprint density at radius 2 is 0.629 bits per heavy atom. The van der Waals surface area contributed by atoms with Crippen molar-refractivity contribution in [2.75, 3.05) is 0 Å². The molecule has 6 nitrogen and oxygen atoms in total. The number of hydrogen-bond donors (Lipinski definition) is 0. The van der Waals surface area contributed by atoms with E-state index in [2.05, 4.69) is 0 Å². The molecule has 0 aliphatic carbocycles. The van der Waals surface area contributed by atoms with Gasteiger partial charge in [-0.05, 0) is 69.1 Å². The number of fused-ring (bicyclic) bond motifs is 9. The summed E-state index contributed by atoms with van der Waals surface area (Å²) in [5.74, 6) is -2.00. The number of aromatic nitrogens is 6. The zero-order chi connectivity index (χ0) is 67.1. The molecule has 10 aromatic carbocycles. The van der Waals surface area contributed by atoms with Gasteiger partial charge in [0.15, 0.2) is 13.9 Å². The third kappa shape index (κ3) is 5.95. The van der Waals surface area contributed by atoms with Crippen LogP contribution in [0.4, 0.5) is 0 Å². The third-order valence-electron chi connectivity index (χ3n) is 12.6. The number of para-hydroxylation sites is 6. The normalized spacial score (nSPS) is 16.8. The molecule has 70 heavy (non-hydrogen) atoms. The van der Waals surface area contributed by atoms with Gasteiger partial charge in [-0.2, -0.15) is 15.0 Å². The third-order valence-corrected chi connectivity index (χ3v) is 17.4. The van der Waals surface area contributed by atoms with E-state index in [1.54, 1.807) is 18.2 Å². The molecule has 0 radical (unpaired) electrons. The fourth-order valence-corrected chi connectivity index (χ4v) is 14.6. The molecule has 0 N–H and O–H groups in total. The van der Waals surface area contributed by atoms with Crippen LogP contribution in [-0.4, -0.2) is 36.7 Å². The van der Waals surface area contributed by atoms with Gasteiger partial charge in [-0.15, -0.1) is 0 Å². The highest BCUT2D eigenvalue weighted by atomic mass is 28.3. The van der Waals surface area contributed by atoms with Crippen molar-refractivity contribution in [1.82, 2.24) is 28.7 Å².